The monoisotopic (exact) mass is 275 g/mol. The molecule has 1 aromatic carbocycles. The van der Waals surface area contributed by atoms with E-state index in [4.69, 9.17) is 5.73 Å². The molecule has 5 N–H and O–H groups in total. The zero-order valence-electron chi connectivity index (χ0n) is 12.2. The molecule has 0 bridgehead atoms. The lowest BCUT2D eigenvalue weighted by Gasteiger charge is -2.37. The number of nitrogens with two attached hydrogens (primary N) is 1. The van der Waals surface area contributed by atoms with Crippen molar-refractivity contribution < 1.29 is 9.90 Å². The van der Waals surface area contributed by atoms with Crippen LogP contribution in [0.1, 0.15) is 38.1 Å². The second-order valence-corrected chi connectivity index (χ2v) is 6.15. The quantitative estimate of drug-likeness (QED) is 0.646. The number of H-pyrrole nitrogens is 1. The van der Waals surface area contributed by atoms with Crippen LogP contribution in [0.25, 0.3) is 10.9 Å². The van der Waals surface area contributed by atoms with Gasteiger partial charge < -0.3 is 21.1 Å². The Hall–Kier alpha value is -2.01. The molecule has 0 atom stereocenters. The molecule has 0 unspecified atom stereocenters. The molecule has 0 aliphatic rings. The van der Waals surface area contributed by atoms with Crippen LogP contribution in [0.4, 0.5) is 5.69 Å². The normalized spacial score (nSPS) is 12.7. The van der Waals surface area contributed by atoms with E-state index in [0.29, 0.717) is 11.3 Å². The topological polar surface area (TPSA) is 91.1 Å². The van der Waals surface area contributed by atoms with Crippen LogP contribution < -0.4 is 11.1 Å². The fourth-order valence-corrected chi connectivity index (χ4v) is 1.83. The second-order valence-electron chi connectivity index (χ2n) is 6.15. The Balaban J connectivity index is 2.35. The van der Waals surface area contributed by atoms with Crippen molar-refractivity contribution in [2.24, 2.45) is 0 Å². The average molecular weight is 275 g/mol. The summed E-state index contributed by atoms with van der Waals surface area (Å²) in [5.74, 6) is -0.242. The molecule has 2 aromatic rings. The smallest absolute Gasteiger partial charge is 0.253 e. The minimum Gasteiger partial charge on any atom is -0.399 e. The number of anilines is 1. The fourth-order valence-electron chi connectivity index (χ4n) is 1.83. The van der Waals surface area contributed by atoms with Gasteiger partial charge in [0.05, 0.1) is 16.7 Å². The number of hydrogen-bond donors (Lipinski definition) is 4. The van der Waals surface area contributed by atoms with Crippen LogP contribution in [0.15, 0.2) is 24.4 Å². The summed E-state index contributed by atoms with van der Waals surface area (Å²) in [4.78, 5) is 15.5. The van der Waals surface area contributed by atoms with Gasteiger partial charge in [-0.05, 0) is 45.9 Å². The molecule has 0 aliphatic heterocycles. The lowest BCUT2D eigenvalue weighted by Crippen LogP contribution is -2.57. The largest absolute Gasteiger partial charge is 0.399 e. The lowest BCUT2D eigenvalue weighted by molar-refractivity contribution is -0.00289. The lowest BCUT2D eigenvalue weighted by atomic mass is 9.85. The van der Waals surface area contributed by atoms with Crippen molar-refractivity contribution in [1.29, 1.82) is 0 Å². The zero-order valence-corrected chi connectivity index (χ0v) is 12.2. The van der Waals surface area contributed by atoms with Gasteiger partial charge in [0.2, 0.25) is 0 Å². The molecular formula is C15H21N3O2. The molecule has 0 saturated heterocycles. The zero-order chi connectivity index (χ0) is 15.1. The summed E-state index contributed by atoms with van der Waals surface area (Å²) in [5.41, 5.74) is 5.95. The molecular weight excluding hydrogens is 254 g/mol. The number of carbonyl (C=O) groups excluding carboxylic acids is 1. The predicted octanol–water partition coefficient (Wildman–Crippen LogP) is 2.03. The molecule has 20 heavy (non-hydrogen) atoms. The first-order valence-corrected chi connectivity index (χ1v) is 6.53. The van der Waals surface area contributed by atoms with Gasteiger partial charge >= 0.3 is 0 Å². The highest BCUT2D eigenvalue weighted by atomic mass is 16.3. The minimum absolute atomic E-state index is 0.242. The third kappa shape index (κ3) is 2.49. The third-order valence-corrected chi connectivity index (χ3v) is 3.91. The molecule has 5 heteroatoms. The Labute approximate surface area is 118 Å². The van der Waals surface area contributed by atoms with Crippen LogP contribution >= 0.6 is 0 Å². The van der Waals surface area contributed by atoms with Gasteiger partial charge in [-0.1, -0.05) is 0 Å². The number of carbonyl (C=O) groups is 1. The summed E-state index contributed by atoms with van der Waals surface area (Å²) in [6.07, 6.45) is 1.65. The fraction of sp³-hybridized carbons (Fsp3) is 0.400. The maximum atomic E-state index is 12.4. The van der Waals surface area contributed by atoms with Gasteiger partial charge in [0.15, 0.2) is 0 Å². The Morgan fingerprint density at radius 1 is 1.30 bits per heavy atom. The Morgan fingerprint density at radius 2 is 1.95 bits per heavy atom. The van der Waals surface area contributed by atoms with Gasteiger partial charge in [-0.15, -0.1) is 0 Å². The first-order valence-electron chi connectivity index (χ1n) is 6.53. The summed E-state index contributed by atoms with van der Waals surface area (Å²) in [6.45, 7) is 6.91. The average Bonchev–Trinajstić information content (AvgIpc) is 2.69. The van der Waals surface area contributed by atoms with E-state index in [1.54, 1.807) is 46.0 Å². The van der Waals surface area contributed by atoms with E-state index >= 15 is 0 Å². The van der Waals surface area contributed by atoms with Crippen molar-refractivity contribution in [2.75, 3.05) is 5.73 Å². The highest BCUT2D eigenvalue weighted by Gasteiger charge is 2.36. The molecule has 1 heterocycles. The molecule has 0 fully saturated rings. The molecule has 0 saturated carbocycles. The number of hydrogen-bond acceptors (Lipinski definition) is 3. The van der Waals surface area contributed by atoms with Gasteiger partial charge in [0.1, 0.15) is 0 Å². The summed E-state index contributed by atoms with van der Waals surface area (Å²) in [6, 6.07) is 5.38. The van der Waals surface area contributed by atoms with E-state index in [2.05, 4.69) is 10.3 Å². The number of aromatic nitrogens is 1. The van der Waals surface area contributed by atoms with E-state index in [1.807, 2.05) is 6.07 Å². The Morgan fingerprint density at radius 3 is 2.55 bits per heavy atom. The maximum Gasteiger partial charge on any atom is 0.253 e. The van der Waals surface area contributed by atoms with Crippen LogP contribution in [0, 0.1) is 0 Å². The third-order valence-electron chi connectivity index (χ3n) is 3.91. The van der Waals surface area contributed by atoms with Crippen molar-refractivity contribution in [2.45, 2.75) is 38.8 Å². The number of amides is 1. The molecule has 0 spiro atoms. The van der Waals surface area contributed by atoms with E-state index < -0.39 is 11.1 Å². The summed E-state index contributed by atoms with van der Waals surface area (Å²) in [7, 11) is 0. The van der Waals surface area contributed by atoms with Gasteiger partial charge in [0, 0.05) is 22.8 Å². The van der Waals surface area contributed by atoms with Gasteiger partial charge in [-0.3, -0.25) is 4.79 Å². The van der Waals surface area contributed by atoms with E-state index in [0.717, 1.165) is 10.9 Å². The minimum atomic E-state index is -1.03. The van der Waals surface area contributed by atoms with Crippen molar-refractivity contribution in [1.82, 2.24) is 10.3 Å². The first kappa shape index (κ1) is 14.4. The number of nitrogen functional groups attached to an aromatic ring is 1. The summed E-state index contributed by atoms with van der Waals surface area (Å²) < 4.78 is 0. The SMILES string of the molecule is CC(C)(O)C(C)(C)NC(=O)c1c[nH]c2ccc(N)cc12. The van der Waals surface area contributed by atoms with Crippen molar-refractivity contribution in [3.63, 3.8) is 0 Å². The second kappa shape index (κ2) is 4.52. The first-order chi connectivity index (χ1) is 9.12. The summed E-state index contributed by atoms with van der Waals surface area (Å²) >= 11 is 0. The maximum absolute atomic E-state index is 12.4. The number of aliphatic hydroxyl groups is 1. The van der Waals surface area contributed by atoms with Crippen LogP contribution in [-0.4, -0.2) is 27.1 Å². The molecule has 108 valence electrons. The highest BCUT2D eigenvalue weighted by molar-refractivity contribution is 6.07. The number of rotatable bonds is 3. The van der Waals surface area contributed by atoms with Crippen LogP contribution in [0.3, 0.4) is 0 Å². The number of benzene rings is 1. The highest BCUT2D eigenvalue weighted by Crippen LogP contribution is 2.24. The van der Waals surface area contributed by atoms with E-state index in [1.165, 1.54) is 0 Å². The van der Waals surface area contributed by atoms with E-state index in [9.17, 15) is 9.90 Å². The van der Waals surface area contributed by atoms with Crippen LogP contribution in [-0.2, 0) is 0 Å². The van der Waals surface area contributed by atoms with Crippen molar-refractivity contribution in [3.8, 4) is 0 Å². The molecule has 0 aliphatic carbocycles. The predicted molar refractivity (Wildman–Crippen MR) is 80.6 cm³/mol. The van der Waals surface area contributed by atoms with Crippen LogP contribution in [0.2, 0.25) is 0 Å². The van der Waals surface area contributed by atoms with Crippen LogP contribution in [0.5, 0.6) is 0 Å². The number of fused-ring (bicyclic) bond motifs is 1. The van der Waals surface area contributed by atoms with Gasteiger partial charge in [-0.2, -0.15) is 0 Å². The molecule has 0 radical (unpaired) electrons. The van der Waals surface area contributed by atoms with Gasteiger partial charge in [-0.25, -0.2) is 0 Å². The number of aromatic amines is 1. The van der Waals surface area contributed by atoms with Gasteiger partial charge in [0.25, 0.3) is 5.91 Å². The van der Waals surface area contributed by atoms with E-state index in [-0.39, 0.29) is 5.91 Å². The Kier molecular flexibility index (Phi) is 3.26. The molecule has 2 rings (SSSR count). The van der Waals surface area contributed by atoms with Crippen molar-refractivity contribution >= 4 is 22.5 Å². The molecule has 5 nitrogen and oxygen atoms in total. The summed E-state index contributed by atoms with van der Waals surface area (Å²) in [5, 5.41) is 13.7. The Bertz CT molecular complexity index is 651. The number of nitrogens with one attached hydrogen (secondary N) is 2. The molecule has 1 amide bonds. The molecule has 1 aromatic heterocycles. The van der Waals surface area contributed by atoms with Crippen molar-refractivity contribution in [3.05, 3.63) is 30.0 Å². The standard InChI is InChI=1S/C15H21N3O2/c1-14(2,15(3,4)20)18-13(19)11-8-17-12-6-5-9(16)7-10(11)12/h5-8,17,20H,16H2,1-4H3,(H,18,19).